The molecule has 1 heterocycles. The number of benzene rings is 2. The molecular weight excluding hydrogens is 268 g/mol. The zero-order chi connectivity index (χ0) is 15.0. The van der Waals surface area contributed by atoms with Gasteiger partial charge in [-0.15, -0.1) is 0 Å². The predicted molar refractivity (Wildman–Crippen MR) is 81.5 cm³/mol. The zero-order valence-electron chi connectivity index (χ0n) is 11.7. The van der Waals surface area contributed by atoms with Gasteiger partial charge in [0.05, 0.1) is 23.7 Å². The molecule has 0 bridgehead atoms. The highest BCUT2D eigenvalue weighted by Gasteiger charge is 2.13. The molecule has 0 saturated heterocycles. The van der Waals surface area contributed by atoms with Crippen molar-refractivity contribution in [3.8, 4) is 11.4 Å². The van der Waals surface area contributed by atoms with Crippen LogP contribution in [-0.4, -0.2) is 16.7 Å². The minimum absolute atomic E-state index is 0.359. The molecule has 2 aromatic carbocycles. The van der Waals surface area contributed by atoms with Crippen molar-refractivity contribution in [3.05, 3.63) is 68.9 Å². The van der Waals surface area contributed by atoms with Crippen LogP contribution in [0.15, 0.2) is 52.1 Å². The molecule has 0 fully saturated rings. The van der Waals surface area contributed by atoms with Gasteiger partial charge < -0.3 is 9.72 Å². The van der Waals surface area contributed by atoms with E-state index in [-0.39, 0.29) is 5.56 Å². The normalized spacial score (nSPS) is 10.8. The smallest absolute Gasteiger partial charge is 0.333 e. The summed E-state index contributed by atoms with van der Waals surface area (Å²) in [6.45, 7) is 1.86. The zero-order valence-corrected chi connectivity index (χ0v) is 11.7. The van der Waals surface area contributed by atoms with Crippen LogP contribution in [0.25, 0.3) is 16.6 Å². The molecule has 106 valence electrons. The second-order valence-electron chi connectivity index (χ2n) is 4.74. The maximum absolute atomic E-state index is 12.7. The third-order valence-electron chi connectivity index (χ3n) is 3.47. The quantitative estimate of drug-likeness (QED) is 0.782. The number of nitrogens with one attached hydrogen (secondary N) is 1. The lowest BCUT2D eigenvalue weighted by Crippen LogP contribution is -2.34. The van der Waals surface area contributed by atoms with Gasteiger partial charge in [0.1, 0.15) is 5.75 Å². The lowest BCUT2D eigenvalue weighted by Gasteiger charge is -2.10. The van der Waals surface area contributed by atoms with Crippen LogP contribution in [0.1, 0.15) is 5.56 Å². The van der Waals surface area contributed by atoms with Crippen LogP contribution in [0.2, 0.25) is 0 Å². The Hall–Kier alpha value is -2.82. The van der Waals surface area contributed by atoms with Gasteiger partial charge in [-0.1, -0.05) is 24.3 Å². The van der Waals surface area contributed by atoms with Crippen molar-refractivity contribution in [3.63, 3.8) is 0 Å². The number of aryl methyl sites for hydroxylation is 1. The molecule has 0 unspecified atom stereocenters. The van der Waals surface area contributed by atoms with Gasteiger partial charge in [-0.2, -0.15) is 0 Å². The Morgan fingerprint density at radius 2 is 1.81 bits per heavy atom. The van der Waals surface area contributed by atoms with Crippen molar-refractivity contribution in [1.29, 1.82) is 0 Å². The van der Waals surface area contributed by atoms with Gasteiger partial charge in [-0.05, 0) is 30.7 Å². The first-order chi connectivity index (χ1) is 10.1. The van der Waals surface area contributed by atoms with Crippen molar-refractivity contribution in [2.45, 2.75) is 6.92 Å². The minimum atomic E-state index is -0.480. The second-order valence-corrected chi connectivity index (χ2v) is 4.74. The molecule has 21 heavy (non-hydrogen) atoms. The number of fused-ring (bicyclic) bond motifs is 1. The summed E-state index contributed by atoms with van der Waals surface area (Å²) >= 11 is 0. The fourth-order valence-corrected chi connectivity index (χ4v) is 2.42. The predicted octanol–water partition coefficient (Wildman–Crippen LogP) is 2.00. The number of ether oxygens (including phenoxy) is 1. The number of H-pyrrole nitrogens is 1. The van der Waals surface area contributed by atoms with E-state index >= 15 is 0 Å². The van der Waals surface area contributed by atoms with Crippen molar-refractivity contribution in [2.24, 2.45) is 0 Å². The van der Waals surface area contributed by atoms with E-state index in [0.717, 1.165) is 10.1 Å². The number of nitrogens with zero attached hydrogens (tertiary/aromatic N) is 1. The van der Waals surface area contributed by atoms with Crippen LogP contribution in [0.4, 0.5) is 0 Å². The molecule has 3 rings (SSSR count). The molecule has 3 aromatic rings. The van der Waals surface area contributed by atoms with Gasteiger partial charge >= 0.3 is 5.69 Å². The molecule has 1 aromatic heterocycles. The average Bonchev–Trinajstić information content (AvgIpc) is 2.48. The summed E-state index contributed by atoms with van der Waals surface area (Å²) in [5, 5.41) is 0.414. The van der Waals surface area contributed by atoms with Crippen molar-refractivity contribution >= 4 is 10.9 Å². The summed E-state index contributed by atoms with van der Waals surface area (Å²) < 4.78 is 6.34. The molecule has 0 saturated carbocycles. The Morgan fingerprint density at radius 3 is 2.52 bits per heavy atom. The third kappa shape index (κ3) is 2.03. The molecule has 0 spiro atoms. The Balaban J connectivity index is 2.45. The van der Waals surface area contributed by atoms with E-state index in [9.17, 15) is 9.59 Å². The van der Waals surface area contributed by atoms with E-state index < -0.39 is 5.69 Å². The van der Waals surface area contributed by atoms with Crippen LogP contribution < -0.4 is 16.0 Å². The van der Waals surface area contributed by atoms with E-state index in [1.54, 1.807) is 30.3 Å². The van der Waals surface area contributed by atoms with Gasteiger partial charge in [0.25, 0.3) is 5.56 Å². The molecule has 5 heteroatoms. The number of hydrogen-bond acceptors (Lipinski definition) is 3. The van der Waals surface area contributed by atoms with E-state index in [0.29, 0.717) is 22.3 Å². The topological polar surface area (TPSA) is 64.1 Å². The first kappa shape index (κ1) is 13.2. The number of aromatic nitrogens is 2. The van der Waals surface area contributed by atoms with E-state index in [1.807, 2.05) is 19.1 Å². The summed E-state index contributed by atoms with van der Waals surface area (Å²) in [6, 6.07) is 12.4. The molecule has 1 N–H and O–H groups in total. The Labute approximate surface area is 120 Å². The number of hydrogen-bond donors (Lipinski definition) is 1. The highest BCUT2D eigenvalue weighted by Crippen LogP contribution is 2.20. The highest BCUT2D eigenvalue weighted by atomic mass is 16.5. The largest absolute Gasteiger partial charge is 0.495 e. The molecule has 0 atom stereocenters. The fourth-order valence-electron chi connectivity index (χ4n) is 2.42. The average molecular weight is 282 g/mol. The molecule has 0 radical (unpaired) electrons. The standard InChI is InChI=1S/C16H14N2O3/c1-10-6-3-4-8-12(10)18-15(19)11-7-5-9-13(21-2)14(11)17-16(18)20/h3-9H,1-2H3,(H,17,20). The van der Waals surface area contributed by atoms with Gasteiger partial charge in [-0.25, -0.2) is 9.36 Å². The summed E-state index contributed by atoms with van der Waals surface area (Å²) in [4.78, 5) is 27.7. The molecule has 0 aliphatic rings. The molecule has 0 aliphatic carbocycles. The number of para-hydroxylation sites is 2. The van der Waals surface area contributed by atoms with Crippen molar-refractivity contribution < 1.29 is 4.74 Å². The van der Waals surface area contributed by atoms with Crippen LogP contribution in [0, 0.1) is 6.92 Å². The van der Waals surface area contributed by atoms with Gasteiger partial charge in [0, 0.05) is 0 Å². The third-order valence-corrected chi connectivity index (χ3v) is 3.47. The lowest BCUT2D eigenvalue weighted by molar-refractivity contribution is 0.418. The lowest BCUT2D eigenvalue weighted by atomic mass is 10.2. The monoisotopic (exact) mass is 282 g/mol. The van der Waals surface area contributed by atoms with Crippen LogP contribution >= 0.6 is 0 Å². The van der Waals surface area contributed by atoms with E-state index in [1.165, 1.54) is 7.11 Å². The van der Waals surface area contributed by atoms with Crippen LogP contribution in [0.5, 0.6) is 5.75 Å². The van der Waals surface area contributed by atoms with E-state index in [2.05, 4.69) is 4.98 Å². The van der Waals surface area contributed by atoms with Crippen molar-refractivity contribution in [2.75, 3.05) is 7.11 Å². The minimum Gasteiger partial charge on any atom is -0.495 e. The fraction of sp³-hybridized carbons (Fsp3) is 0.125. The molecule has 0 amide bonds. The summed E-state index contributed by atoms with van der Waals surface area (Å²) in [5.41, 5.74) is 1.01. The number of aromatic amines is 1. The molecule has 0 aliphatic heterocycles. The highest BCUT2D eigenvalue weighted by molar-refractivity contribution is 5.83. The van der Waals surface area contributed by atoms with Crippen molar-refractivity contribution in [1.82, 2.24) is 9.55 Å². The number of rotatable bonds is 2. The molecular formula is C16H14N2O3. The number of methoxy groups -OCH3 is 1. The Kier molecular flexibility index (Phi) is 3.10. The maximum atomic E-state index is 12.7. The summed E-state index contributed by atoms with van der Waals surface area (Å²) in [5.74, 6) is 0.471. The molecule has 5 nitrogen and oxygen atoms in total. The Bertz CT molecular complexity index is 938. The van der Waals surface area contributed by atoms with Crippen LogP contribution in [-0.2, 0) is 0 Å². The van der Waals surface area contributed by atoms with Crippen LogP contribution in [0.3, 0.4) is 0 Å². The summed E-state index contributed by atoms with van der Waals surface area (Å²) in [7, 11) is 1.50. The summed E-state index contributed by atoms with van der Waals surface area (Å²) in [6.07, 6.45) is 0. The van der Waals surface area contributed by atoms with Gasteiger partial charge in [-0.3, -0.25) is 4.79 Å². The van der Waals surface area contributed by atoms with Gasteiger partial charge in [0.15, 0.2) is 0 Å². The second kappa shape index (κ2) is 4.94. The van der Waals surface area contributed by atoms with E-state index in [4.69, 9.17) is 4.74 Å². The Morgan fingerprint density at radius 1 is 1.05 bits per heavy atom. The SMILES string of the molecule is COc1cccc2c(=O)n(-c3ccccc3C)c(=O)[nH]c12. The van der Waals surface area contributed by atoms with Gasteiger partial charge in [0.2, 0.25) is 0 Å². The maximum Gasteiger partial charge on any atom is 0.333 e. The first-order valence-electron chi connectivity index (χ1n) is 6.51. The first-order valence-corrected chi connectivity index (χ1v) is 6.51.